The fourth-order valence-corrected chi connectivity index (χ4v) is 2.14. The van der Waals surface area contributed by atoms with Crippen LogP contribution in [0.25, 0.3) is 0 Å². The third kappa shape index (κ3) is 2.89. The molecule has 0 saturated heterocycles. The van der Waals surface area contributed by atoms with Crippen LogP contribution in [-0.4, -0.2) is 0 Å². The van der Waals surface area contributed by atoms with Gasteiger partial charge in [0.25, 0.3) is 0 Å². The molecule has 0 unspecified atom stereocenters. The zero-order chi connectivity index (χ0) is 12.1. The minimum atomic E-state index is -9.69. The van der Waals surface area contributed by atoms with Gasteiger partial charge < -0.3 is 0 Å². The lowest BCUT2D eigenvalue weighted by molar-refractivity contribution is 0.364. The Bertz CT molecular complexity index is 401. The van der Waals surface area contributed by atoms with Gasteiger partial charge >= 0.3 is 10.2 Å². The van der Waals surface area contributed by atoms with Gasteiger partial charge in [-0.1, -0.05) is 42.6 Å². The largest absolute Gasteiger partial charge is 0.310 e. The minimum absolute atomic E-state index is 0.129. The Hall–Kier alpha value is -0.200. The average molecular weight is 287 g/mol. The molecular formula is C7H5Cl2F5S. The Kier molecular flexibility index (Phi) is 2.34. The fourth-order valence-electron chi connectivity index (χ4n) is 0.845. The van der Waals surface area contributed by atoms with E-state index in [1.807, 2.05) is 0 Å². The Balaban J connectivity index is 3.58. The normalized spacial score (nSPS) is 17.1. The van der Waals surface area contributed by atoms with E-state index in [9.17, 15) is 19.4 Å². The highest BCUT2D eigenvalue weighted by Gasteiger charge is 2.65. The number of halogens is 7. The monoisotopic (exact) mass is 286 g/mol. The molecule has 0 fully saturated rings. The molecule has 0 radical (unpaired) electrons. The van der Waals surface area contributed by atoms with Gasteiger partial charge in [-0.15, -0.1) is 0 Å². The molecule has 0 spiro atoms. The highest BCUT2D eigenvalue weighted by atomic mass is 35.5. The maximum absolute atomic E-state index is 12.3. The van der Waals surface area contributed by atoms with Gasteiger partial charge in [0.05, 0.1) is 0 Å². The van der Waals surface area contributed by atoms with Crippen LogP contribution < -0.4 is 0 Å². The molecule has 1 aromatic carbocycles. The van der Waals surface area contributed by atoms with Crippen molar-refractivity contribution in [3.05, 3.63) is 27.7 Å². The van der Waals surface area contributed by atoms with Gasteiger partial charge in [0.15, 0.2) is 0 Å². The molecule has 0 amide bonds. The van der Waals surface area contributed by atoms with E-state index < -0.39 is 25.2 Å². The molecule has 0 aromatic heterocycles. The molecule has 88 valence electrons. The maximum Gasteiger partial charge on any atom is 0.310 e. The lowest BCUT2D eigenvalue weighted by Crippen LogP contribution is -2.06. The summed E-state index contributed by atoms with van der Waals surface area (Å²) in [4.78, 5) is -2.07. The van der Waals surface area contributed by atoms with Crippen LogP contribution in [0.4, 0.5) is 19.4 Å². The molecule has 8 heteroatoms. The van der Waals surface area contributed by atoms with Gasteiger partial charge in [-0.2, -0.15) is 0 Å². The number of hydrogen-bond acceptors (Lipinski definition) is 0. The van der Waals surface area contributed by atoms with E-state index in [1.165, 1.54) is 6.92 Å². The van der Waals surface area contributed by atoms with Gasteiger partial charge in [0.2, 0.25) is 0 Å². The molecule has 0 aliphatic carbocycles. The third-order valence-corrected chi connectivity index (χ3v) is 3.61. The number of hydrogen-bond donors (Lipinski definition) is 0. The summed E-state index contributed by atoms with van der Waals surface area (Å²) >= 11 is 10.7. The number of benzene rings is 1. The van der Waals surface area contributed by atoms with Crippen molar-refractivity contribution in [3.8, 4) is 0 Å². The zero-order valence-corrected chi connectivity index (χ0v) is 9.54. The first kappa shape index (κ1) is 12.9. The Labute approximate surface area is 92.7 Å². The Morgan fingerprint density at radius 3 is 1.53 bits per heavy atom. The second-order valence-electron chi connectivity index (χ2n) is 2.98. The van der Waals surface area contributed by atoms with E-state index in [1.54, 1.807) is 0 Å². The summed E-state index contributed by atoms with van der Waals surface area (Å²) in [7, 11) is -9.69. The van der Waals surface area contributed by atoms with Crippen LogP contribution >= 0.6 is 33.4 Å². The van der Waals surface area contributed by atoms with E-state index in [2.05, 4.69) is 0 Å². The predicted molar refractivity (Wildman–Crippen MR) is 52.6 cm³/mol. The van der Waals surface area contributed by atoms with Gasteiger partial charge in [-0.05, 0) is 24.6 Å². The fraction of sp³-hybridized carbons (Fsp3) is 0.143. The lowest BCUT2D eigenvalue weighted by Gasteiger charge is -2.40. The molecule has 0 nitrogen and oxygen atoms in total. The molecule has 15 heavy (non-hydrogen) atoms. The SMILES string of the molecule is Cc1c(Cl)cc(S(F)(F)(F)(F)F)cc1Cl. The predicted octanol–water partition coefficient (Wildman–Crippen LogP) is 5.96. The van der Waals surface area contributed by atoms with Crippen molar-refractivity contribution in [2.24, 2.45) is 0 Å². The molecular weight excluding hydrogens is 282 g/mol. The van der Waals surface area contributed by atoms with Crippen LogP contribution in [0.15, 0.2) is 17.0 Å². The quantitative estimate of drug-likeness (QED) is 0.559. The van der Waals surface area contributed by atoms with Gasteiger partial charge in [-0.25, -0.2) is 0 Å². The summed E-state index contributed by atoms with van der Waals surface area (Å²) in [5.41, 5.74) is 0.129. The first-order valence-corrected chi connectivity index (χ1v) is 6.22. The van der Waals surface area contributed by atoms with E-state index in [4.69, 9.17) is 23.2 Å². The van der Waals surface area contributed by atoms with Crippen molar-refractivity contribution in [2.75, 3.05) is 0 Å². The molecule has 1 rings (SSSR count). The van der Waals surface area contributed by atoms with Crippen molar-refractivity contribution in [2.45, 2.75) is 11.8 Å². The van der Waals surface area contributed by atoms with Crippen molar-refractivity contribution in [3.63, 3.8) is 0 Å². The van der Waals surface area contributed by atoms with Crippen LogP contribution in [0.2, 0.25) is 10.0 Å². The highest BCUT2D eigenvalue weighted by molar-refractivity contribution is 8.45. The van der Waals surface area contributed by atoms with Crippen LogP contribution in [0.1, 0.15) is 5.56 Å². The van der Waals surface area contributed by atoms with Gasteiger partial charge in [-0.3, -0.25) is 0 Å². The summed E-state index contributed by atoms with van der Waals surface area (Å²) in [5.74, 6) is 0. The molecule has 0 saturated carbocycles. The van der Waals surface area contributed by atoms with Crippen LogP contribution in [0, 0.1) is 6.92 Å². The minimum Gasteiger partial charge on any atom is -0.0936 e. The number of rotatable bonds is 1. The van der Waals surface area contributed by atoms with Crippen LogP contribution in [0.3, 0.4) is 0 Å². The Morgan fingerprint density at radius 1 is 0.933 bits per heavy atom. The van der Waals surface area contributed by atoms with E-state index in [-0.39, 0.29) is 17.7 Å². The van der Waals surface area contributed by atoms with Crippen molar-refractivity contribution < 1.29 is 19.4 Å². The molecule has 0 aliphatic heterocycles. The standard InChI is InChI=1S/C7H5Cl2F5S/c1-4-6(8)2-5(3-7(4)9)15(10,11,12,13)14/h2-3H,1H3. The molecule has 0 heterocycles. The first-order valence-electron chi connectivity index (χ1n) is 3.51. The highest BCUT2D eigenvalue weighted by Crippen LogP contribution is 3.02. The van der Waals surface area contributed by atoms with Crippen molar-refractivity contribution in [1.82, 2.24) is 0 Å². The van der Waals surface area contributed by atoms with Crippen molar-refractivity contribution in [1.29, 1.82) is 0 Å². The summed E-state index contributed by atoms with van der Waals surface area (Å²) in [6.45, 7) is 1.33. The van der Waals surface area contributed by atoms with Crippen LogP contribution in [0.5, 0.6) is 0 Å². The Morgan fingerprint density at radius 2 is 1.27 bits per heavy atom. The average Bonchev–Trinajstić information content (AvgIpc) is 1.94. The lowest BCUT2D eigenvalue weighted by atomic mass is 10.2. The smallest absolute Gasteiger partial charge is 0.0936 e. The van der Waals surface area contributed by atoms with E-state index in [0.717, 1.165) is 0 Å². The molecule has 0 atom stereocenters. The van der Waals surface area contributed by atoms with Gasteiger partial charge in [0.1, 0.15) is 4.90 Å². The summed E-state index contributed by atoms with van der Waals surface area (Å²) in [6, 6.07) is 0.370. The molecule has 0 bridgehead atoms. The maximum atomic E-state index is 12.3. The van der Waals surface area contributed by atoms with E-state index >= 15 is 0 Å². The molecule has 0 aliphatic rings. The zero-order valence-electron chi connectivity index (χ0n) is 7.21. The summed E-state index contributed by atoms with van der Waals surface area (Å²) < 4.78 is 61.6. The van der Waals surface area contributed by atoms with Crippen molar-refractivity contribution >= 4 is 33.4 Å². The summed E-state index contributed by atoms with van der Waals surface area (Å²) in [6.07, 6.45) is 0. The molecule has 1 aromatic rings. The second-order valence-corrected chi connectivity index (χ2v) is 6.20. The first-order chi connectivity index (χ1) is 6.31. The summed E-state index contributed by atoms with van der Waals surface area (Å²) in [5, 5.41) is -0.878. The third-order valence-electron chi connectivity index (χ3n) is 1.70. The topological polar surface area (TPSA) is 0 Å². The second kappa shape index (κ2) is 2.73. The molecule has 0 N–H and O–H groups in total. The van der Waals surface area contributed by atoms with Crippen LogP contribution in [-0.2, 0) is 0 Å². The van der Waals surface area contributed by atoms with E-state index in [0.29, 0.717) is 0 Å². The van der Waals surface area contributed by atoms with Gasteiger partial charge in [0, 0.05) is 10.0 Å².